The molecule has 0 spiro atoms. The summed E-state index contributed by atoms with van der Waals surface area (Å²) in [6, 6.07) is 3.81. The normalized spacial score (nSPS) is 14.5. The first-order valence-corrected chi connectivity index (χ1v) is 5.75. The number of hydrogen-bond donors (Lipinski definition) is 3. The summed E-state index contributed by atoms with van der Waals surface area (Å²) in [6.07, 6.45) is -0.629. The van der Waals surface area contributed by atoms with Crippen LogP contribution in [-0.2, 0) is 0 Å². The van der Waals surface area contributed by atoms with Gasteiger partial charge in [0, 0.05) is 12.1 Å². The number of hydrogen-bond acceptors (Lipinski definition) is 4. The molecule has 0 saturated heterocycles. The van der Waals surface area contributed by atoms with E-state index in [4.69, 9.17) is 10.5 Å². The zero-order valence-electron chi connectivity index (χ0n) is 10.9. The van der Waals surface area contributed by atoms with Gasteiger partial charge < -0.3 is 20.9 Å². The van der Waals surface area contributed by atoms with Crippen LogP contribution in [0.25, 0.3) is 0 Å². The third-order valence-electron chi connectivity index (χ3n) is 3.12. The first kappa shape index (κ1) is 14.0. The van der Waals surface area contributed by atoms with Crippen molar-refractivity contribution in [3.8, 4) is 5.75 Å². The average Bonchev–Trinajstić information content (AvgIpc) is 2.33. The number of nitrogens with two attached hydrogens (primary N) is 1. The van der Waals surface area contributed by atoms with Crippen molar-refractivity contribution < 1.29 is 9.84 Å². The largest absolute Gasteiger partial charge is 0.496 e. The van der Waals surface area contributed by atoms with E-state index in [1.807, 2.05) is 26.0 Å². The highest BCUT2D eigenvalue weighted by Gasteiger charge is 2.22. The third kappa shape index (κ3) is 2.97. The Hall–Kier alpha value is -1.10. The zero-order valence-corrected chi connectivity index (χ0v) is 10.9. The molecular formula is C13H22N2O2. The van der Waals surface area contributed by atoms with Crippen molar-refractivity contribution in [3.05, 3.63) is 28.8 Å². The highest BCUT2D eigenvalue weighted by atomic mass is 16.5. The van der Waals surface area contributed by atoms with Crippen LogP contribution in [0.3, 0.4) is 0 Å². The van der Waals surface area contributed by atoms with E-state index < -0.39 is 6.10 Å². The molecule has 1 aromatic carbocycles. The predicted octanol–water partition coefficient (Wildman–Crippen LogP) is 0.892. The van der Waals surface area contributed by atoms with Gasteiger partial charge in [0.1, 0.15) is 5.75 Å². The lowest BCUT2D eigenvalue weighted by molar-refractivity contribution is 0.137. The van der Waals surface area contributed by atoms with Gasteiger partial charge in [-0.25, -0.2) is 0 Å². The standard InChI is InChI=1S/C13H22N2O2/c1-8-5-10(12(17-4)6-9(8)2)13(15-3)11(16)7-14/h5-6,11,13,15-16H,7,14H2,1-4H3. The lowest BCUT2D eigenvalue weighted by Crippen LogP contribution is -2.35. The Morgan fingerprint density at radius 2 is 1.94 bits per heavy atom. The minimum atomic E-state index is -0.629. The van der Waals surface area contributed by atoms with Gasteiger partial charge in [-0.1, -0.05) is 6.07 Å². The van der Waals surface area contributed by atoms with Crippen molar-refractivity contribution in [2.75, 3.05) is 20.7 Å². The molecule has 4 heteroatoms. The Bertz CT molecular complexity index is 380. The van der Waals surface area contributed by atoms with Gasteiger partial charge in [0.2, 0.25) is 0 Å². The maximum atomic E-state index is 9.91. The molecule has 0 radical (unpaired) electrons. The highest BCUT2D eigenvalue weighted by molar-refractivity contribution is 5.44. The molecule has 2 atom stereocenters. The summed E-state index contributed by atoms with van der Waals surface area (Å²) in [6.45, 7) is 4.29. The van der Waals surface area contributed by atoms with Gasteiger partial charge in [0.05, 0.1) is 19.3 Å². The van der Waals surface area contributed by atoms with Crippen LogP contribution in [0.2, 0.25) is 0 Å². The molecule has 0 fully saturated rings. The second-order valence-electron chi connectivity index (χ2n) is 4.25. The third-order valence-corrected chi connectivity index (χ3v) is 3.12. The van der Waals surface area contributed by atoms with Crippen LogP contribution in [0, 0.1) is 13.8 Å². The minimum absolute atomic E-state index is 0.210. The number of aliphatic hydroxyl groups excluding tert-OH is 1. The van der Waals surface area contributed by atoms with Crippen molar-refractivity contribution in [1.82, 2.24) is 5.32 Å². The molecule has 96 valence electrons. The van der Waals surface area contributed by atoms with Crippen LogP contribution < -0.4 is 15.8 Å². The Morgan fingerprint density at radius 1 is 1.35 bits per heavy atom. The second kappa shape index (κ2) is 6.00. The molecule has 0 aromatic heterocycles. The fourth-order valence-electron chi connectivity index (χ4n) is 1.92. The molecule has 2 unspecified atom stereocenters. The molecule has 1 aromatic rings. The smallest absolute Gasteiger partial charge is 0.124 e. The molecule has 4 nitrogen and oxygen atoms in total. The SMILES string of the molecule is CNC(c1cc(C)c(C)cc1OC)C(O)CN. The van der Waals surface area contributed by atoms with Gasteiger partial charge in [0.15, 0.2) is 0 Å². The van der Waals surface area contributed by atoms with Crippen molar-refractivity contribution >= 4 is 0 Å². The summed E-state index contributed by atoms with van der Waals surface area (Å²) in [5.41, 5.74) is 8.80. The minimum Gasteiger partial charge on any atom is -0.496 e. The number of nitrogens with one attached hydrogen (secondary N) is 1. The van der Waals surface area contributed by atoms with Gasteiger partial charge in [-0.05, 0) is 38.1 Å². The maximum Gasteiger partial charge on any atom is 0.124 e. The summed E-state index contributed by atoms with van der Waals surface area (Å²) in [7, 11) is 3.44. The lowest BCUT2D eigenvalue weighted by Gasteiger charge is -2.24. The van der Waals surface area contributed by atoms with E-state index >= 15 is 0 Å². The summed E-state index contributed by atoms with van der Waals surface area (Å²) in [4.78, 5) is 0. The molecule has 0 bridgehead atoms. The molecule has 0 amide bonds. The number of benzene rings is 1. The van der Waals surface area contributed by atoms with Crippen LogP contribution in [0.4, 0.5) is 0 Å². The van der Waals surface area contributed by atoms with Gasteiger partial charge in [-0.2, -0.15) is 0 Å². The van der Waals surface area contributed by atoms with Gasteiger partial charge >= 0.3 is 0 Å². The van der Waals surface area contributed by atoms with Crippen molar-refractivity contribution in [2.24, 2.45) is 5.73 Å². The molecule has 0 saturated carbocycles. The van der Waals surface area contributed by atoms with Gasteiger partial charge in [-0.3, -0.25) is 0 Å². The van der Waals surface area contributed by atoms with Crippen molar-refractivity contribution in [2.45, 2.75) is 26.0 Å². The Kier molecular flexibility index (Phi) is 4.93. The van der Waals surface area contributed by atoms with E-state index in [2.05, 4.69) is 5.32 Å². The van der Waals surface area contributed by atoms with Crippen LogP contribution >= 0.6 is 0 Å². The Morgan fingerprint density at radius 3 is 2.41 bits per heavy atom. The Balaban J connectivity index is 3.22. The summed E-state index contributed by atoms with van der Waals surface area (Å²) in [5, 5.41) is 13.0. The fraction of sp³-hybridized carbons (Fsp3) is 0.538. The van der Waals surface area contributed by atoms with E-state index in [0.29, 0.717) is 0 Å². The van der Waals surface area contributed by atoms with E-state index in [0.717, 1.165) is 11.3 Å². The molecule has 17 heavy (non-hydrogen) atoms. The molecule has 0 aliphatic rings. The van der Waals surface area contributed by atoms with Crippen molar-refractivity contribution in [1.29, 1.82) is 0 Å². The van der Waals surface area contributed by atoms with E-state index in [9.17, 15) is 5.11 Å². The topological polar surface area (TPSA) is 67.5 Å². The summed E-state index contributed by atoms with van der Waals surface area (Å²) >= 11 is 0. The lowest BCUT2D eigenvalue weighted by atomic mass is 9.96. The van der Waals surface area contributed by atoms with Gasteiger partial charge in [0.25, 0.3) is 0 Å². The first-order chi connectivity index (χ1) is 8.04. The van der Waals surface area contributed by atoms with Crippen LogP contribution in [0.1, 0.15) is 22.7 Å². The number of aliphatic hydroxyl groups is 1. The average molecular weight is 238 g/mol. The molecule has 1 rings (SSSR count). The number of aryl methyl sites for hydroxylation is 2. The van der Waals surface area contributed by atoms with E-state index in [1.54, 1.807) is 14.2 Å². The number of methoxy groups -OCH3 is 1. The van der Waals surface area contributed by atoms with E-state index in [-0.39, 0.29) is 12.6 Å². The Labute approximate surface area is 103 Å². The van der Waals surface area contributed by atoms with Crippen molar-refractivity contribution in [3.63, 3.8) is 0 Å². The molecule has 0 heterocycles. The highest BCUT2D eigenvalue weighted by Crippen LogP contribution is 2.30. The van der Waals surface area contributed by atoms with E-state index in [1.165, 1.54) is 11.1 Å². The fourth-order valence-corrected chi connectivity index (χ4v) is 1.92. The molecular weight excluding hydrogens is 216 g/mol. The molecule has 0 aliphatic heterocycles. The van der Waals surface area contributed by atoms with Crippen LogP contribution in [0.5, 0.6) is 5.75 Å². The summed E-state index contributed by atoms with van der Waals surface area (Å²) in [5.74, 6) is 0.778. The number of ether oxygens (including phenoxy) is 1. The first-order valence-electron chi connectivity index (χ1n) is 5.75. The van der Waals surface area contributed by atoms with Crippen LogP contribution in [-0.4, -0.2) is 31.9 Å². The maximum absolute atomic E-state index is 9.91. The zero-order chi connectivity index (χ0) is 13.0. The predicted molar refractivity (Wildman–Crippen MR) is 69.3 cm³/mol. The van der Waals surface area contributed by atoms with Gasteiger partial charge in [-0.15, -0.1) is 0 Å². The number of likely N-dealkylation sites (N-methyl/N-ethyl adjacent to an activating group) is 1. The summed E-state index contributed by atoms with van der Waals surface area (Å²) < 4.78 is 5.37. The number of rotatable bonds is 5. The quantitative estimate of drug-likeness (QED) is 0.713. The molecule has 0 aliphatic carbocycles. The second-order valence-corrected chi connectivity index (χ2v) is 4.25. The monoisotopic (exact) mass is 238 g/mol. The van der Waals surface area contributed by atoms with Crippen LogP contribution in [0.15, 0.2) is 12.1 Å². The molecule has 4 N–H and O–H groups in total.